The van der Waals surface area contributed by atoms with Crippen LogP contribution in [0.1, 0.15) is 18.4 Å². The molecule has 0 atom stereocenters. The van der Waals surface area contributed by atoms with Gasteiger partial charge in [-0.15, -0.1) is 0 Å². The van der Waals surface area contributed by atoms with Gasteiger partial charge in [0.15, 0.2) is 0 Å². The average Bonchev–Trinajstić information content (AvgIpc) is 3.25. The number of amides is 1. The Morgan fingerprint density at radius 1 is 1.04 bits per heavy atom. The molecule has 4 rings (SSSR count). The van der Waals surface area contributed by atoms with Gasteiger partial charge in [0.1, 0.15) is 5.82 Å². The average molecular weight is 360 g/mol. The van der Waals surface area contributed by atoms with E-state index in [1.54, 1.807) is 0 Å². The van der Waals surface area contributed by atoms with Crippen LogP contribution >= 0.6 is 0 Å². The molecule has 138 valence electrons. The van der Waals surface area contributed by atoms with E-state index in [1.165, 1.54) is 5.56 Å². The lowest BCUT2D eigenvalue weighted by Gasteiger charge is -2.32. The summed E-state index contributed by atoms with van der Waals surface area (Å²) >= 11 is 0. The molecule has 1 saturated heterocycles. The molecule has 1 aliphatic rings. The van der Waals surface area contributed by atoms with Gasteiger partial charge in [-0.1, -0.05) is 17.7 Å². The van der Waals surface area contributed by atoms with Crippen molar-refractivity contribution < 1.29 is 4.79 Å². The van der Waals surface area contributed by atoms with Crippen LogP contribution in [-0.4, -0.2) is 28.5 Å². The fourth-order valence-corrected chi connectivity index (χ4v) is 3.48. The number of carbonyl (C=O) groups excluding carboxylic acids is 1. The number of nitrogens with zero attached hydrogens (tertiary/aromatic N) is 3. The van der Waals surface area contributed by atoms with Gasteiger partial charge in [0.05, 0.1) is 11.9 Å². The van der Waals surface area contributed by atoms with Crippen LogP contribution in [0.5, 0.6) is 0 Å². The fraction of sp³-hybridized carbons (Fsp3) is 0.273. The lowest BCUT2D eigenvalue weighted by molar-refractivity contribution is -0.120. The maximum atomic E-state index is 12.5. The smallest absolute Gasteiger partial charge is 0.227 e. The third kappa shape index (κ3) is 4.03. The third-order valence-corrected chi connectivity index (χ3v) is 5.14. The summed E-state index contributed by atoms with van der Waals surface area (Å²) in [6, 6.07) is 16.1. The molecule has 0 saturated carbocycles. The maximum Gasteiger partial charge on any atom is 0.227 e. The highest BCUT2D eigenvalue weighted by molar-refractivity contribution is 5.92. The van der Waals surface area contributed by atoms with Gasteiger partial charge in [-0.25, -0.2) is 4.98 Å². The van der Waals surface area contributed by atoms with Gasteiger partial charge in [0, 0.05) is 37.1 Å². The number of aryl methyl sites for hydroxylation is 1. The maximum absolute atomic E-state index is 12.5. The second-order valence-electron chi connectivity index (χ2n) is 7.08. The van der Waals surface area contributed by atoms with Crippen LogP contribution in [0.15, 0.2) is 67.1 Å². The molecule has 0 radical (unpaired) electrons. The van der Waals surface area contributed by atoms with Gasteiger partial charge in [-0.05, 0) is 56.2 Å². The lowest BCUT2D eigenvalue weighted by atomic mass is 9.95. The first kappa shape index (κ1) is 17.3. The van der Waals surface area contributed by atoms with Crippen molar-refractivity contribution >= 4 is 17.4 Å². The fourth-order valence-electron chi connectivity index (χ4n) is 3.48. The highest BCUT2D eigenvalue weighted by Gasteiger charge is 2.25. The predicted octanol–water partition coefficient (Wildman–Crippen LogP) is 4.04. The van der Waals surface area contributed by atoms with Gasteiger partial charge < -0.3 is 14.8 Å². The van der Waals surface area contributed by atoms with Crippen molar-refractivity contribution in [1.29, 1.82) is 0 Å². The highest BCUT2D eigenvalue weighted by Crippen LogP contribution is 2.24. The zero-order valence-electron chi connectivity index (χ0n) is 15.5. The number of carbonyl (C=O) groups is 1. The second kappa shape index (κ2) is 7.66. The number of rotatable bonds is 4. The molecule has 2 aromatic heterocycles. The Labute approximate surface area is 159 Å². The summed E-state index contributed by atoms with van der Waals surface area (Å²) in [4.78, 5) is 19.4. The Hall–Kier alpha value is -3.08. The van der Waals surface area contributed by atoms with Crippen molar-refractivity contribution in [3.63, 3.8) is 0 Å². The summed E-state index contributed by atoms with van der Waals surface area (Å²) in [5.41, 5.74) is 3.11. The number of pyridine rings is 1. The molecule has 3 heterocycles. The van der Waals surface area contributed by atoms with Crippen molar-refractivity contribution in [3.8, 4) is 5.69 Å². The number of benzene rings is 1. The van der Waals surface area contributed by atoms with E-state index >= 15 is 0 Å². The van der Waals surface area contributed by atoms with E-state index in [9.17, 15) is 4.79 Å². The Balaban J connectivity index is 1.33. The van der Waals surface area contributed by atoms with Crippen LogP contribution in [0, 0.1) is 12.8 Å². The molecule has 0 spiro atoms. The number of aromatic nitrogens is 2. The van der Waals surface area contributed by atoms with E-state index in [-0.39, 0.29) is 11.8 Å². The van der Waals surface area contributed by atoms with Gasteiger partial charge in [0.2, 0.25) is 5.91 Å². The van der Waals surface area contributed by atoms with Crippen LogP contribution in [-0.2, 0) is 4.79 Å². The van der Waals surface area contributed by atoms with Gasteiger partial charge >= 0.3 is 0 Å². The first-order chi connectivity index (χ1) is 13.2. The van der Waals surface area contributed by atoms with Crippen LogP contribution in [0.3, 0.4) is 0 Å². The largest absolute Gasteiger partial charge is 0.357 e. The van der Waals surface area contributed by atoms with E-state index in [0.717, 1.165) is 43.1 Å². The molecule has 27 heavy (non-hydrogen) atoms. The number of nitrogens with one attached hydrogen (secondary N) is 1. The lowest BCUT2D eigenvalue weighted by Crippen LogP contribution is -2.38. The van der Waals surface area contributed by atoms with E-state index < -0.39 is 0 Å². The van der Waals surface area contributed by atoms with Gasteiger partial charge in [-0.3, -0.25) is 4.79 Å². The minimum Gasteiger partial charge on any atom is -0.357 e. The van der Waals surface area contributed by atoms with E-state index in [1.807, 2.05) is 66.5 Å². The van der Waals surface area contributed by atoms with Crippen molar-refractivity contribution in [2.75, 3.05) is 23.3 Å². The van der Waals surface area contributed by atoms with Crippen LogP contribution < -0.4 is 10.2 Å². The summed E-state index contributed by atoms with van der Waals surface area (Å²) < 4.78 is 2.04. The molecule has 0 bridgehead atoms. The van der Waals surface area contributed by atoms with Crippen LogP contribution in [0.4, 0.5) is 11.5 Å². The standard InChI is InChI=1S/C22H24N4O/c1-17-4-6-19(7-5-17)24-22(27)18-10-14-26(15-11-18)21-9-8-20(16-23-21)25-12-2-3-13-25/h2-9,12-13,16,18H,10-11,14-15H2,1H3,(H,24,27). The van der Waals surface area contributed by atoms with Gasteiger partial charge in [0.25, 0.3) is 0 Å². The molecular formula is C22H24N4O. The van der Waals surface area contributed by atoms with Crippen molar-refractivity contribution in [3.05, 3.63) is 72.7 Å². The first-order valence-corrected chi connectivity index (χ1v) is 9.41. The van der Waals surface area contributed by atoms with Crippen LogP contribution in [0.2, 0.25) is 0 Å². The highest BCUT2D eigenvalue weighted by atomic mass is 16.1. The molecule has 1 fully saturated rings. The number of hydrogen-bond acceptors (Lipinski definition) is 3. The minimum absolute atomic E-state index is 0.0571. The summed E-state index contributed by atoms with van der Waals surface area (Å²) in [6.07, 6.45) is 7.60. The summed E-state index contributed by atoms with van der Waals surface area (Å²) in [5.74, 6) is 1.15. The van der Waals surface area contributed by atoms with E-state index in [0.29, 0.717) is 0 Å². The zero-order chi connectivity index (χ0) is 18.6. The molecule has 3 aromatic rings. The molecule has 1 N–H and O–H groups in total. The molecule has 0 unspecified atom stereocenters. The van der Waals surface area contributed by atoms with E-state index in [4.69, 9.17) is 0 Å². The monoisotopic (exact) mass is 360 g/mol. The topological polar surface area (TPSA) is 50.2 Å². The molecular weight excluding hydrogens is 336 g/mol. The minimum atomic E-state index is 0.0571. The molecule has 5 heteroatoms. The quantitative estimate of drug-likeness (QED) is 0.764. The molecule has 1 amide bonds. The zero-order valence-corrected chi connectivity index (χ0v) is 15.5. The SMILES string of the molecule is Cc1ccc(NC(=O)C2CCN(c3ccc(-n4cccc4)cn3)CC2)cc1. The predicted molar refractivity (Wildman–Crippen MR) is 108 cm³/mol. The number of anilines is 2. The third-order valence-electron chi connectivity index (χ3n) is 5.14. The summed E-state index contributed by atoms with van der Waals surface area (Å²) in [5, 5.41) is 3.04. The Bertz CT molecular complexity index is 877. The van der Waals surface area contributed by atoms with E-state index in [2.05, 4.69) is 27.3 Å². The normalized spacial score (nSPS) is 14.9. The van der Waals surface area contributed by atoms with Crippen molar-refractivity contribution in [1.82, 2.24) is 9.55 Å². The van der Waals surface area contributed by atoms with Gasteiger partial charge in [-0.2, -0.15) is 0 Å². The number of hydrogen-bond donors (Lipinski definition) is 1. The summed E-state index contributed by atoms with van der Waals surface area (Å²) in [7, 11) is 0. The Morgan fingerprint density at radius 3 is 2.37 bits per heavy atom. The molecule has 1 aliphatic heterocycles. The molecule has 1 aromatic carbocycles. The van der Waals surface area contributed by atoms with Crippen molar-refractivity contribution in [2.24, 2.45) is 5.92 Å². The first-order valence-electron chi connectivity index (χ1n) is 9.41. The Kier molecular flexibility index (Phi) is 4.92. The molecule has 0 aliphatic carbocycles. The Morgan fingerprint density at radius 2 is 1.74 bits per heavy atom. The molecule has 5 nitrogen and oxygen atoms in total. The van der Waals surface area contributed by atoms with Crippen LogP contribution in [0.25, 0.3) is 5.69 Å². The second-order valence-corrected chi connectivity index (χ2v) is 7.08. The van der Waals surface area contributed by atoms with Crippen molar-refractivity contribution in [2.45, 2.75) is 19.8 Å². The summed E-state index contributed by atoms with van der Waals surface area (Å²) in [6.45, 7) is 3.74. The number of piperidine rings is 1.